The topological polar surface area (TPSA) is 20.2 Å². The molecule has 1 N–H and O–H groups in total. The molecule has 0 aliphatic carbocycles. The first-order chi connectivity index (χ1) is 9.77. The summed E-state index contributed by atoms with van der Waals surface area (Å²) in [5.41, 5.74) is 0. The number of hydrogen-bond acceptors (Lipinski definition) is 2. The highest BCUT2D eigenvalue weighted by Gasteiger charge is 2.18. The van der Waals surface area contributed by atoms with Crippen molar-refractivity contribution in [1.29, 1.82) is 0 Å². The van der Waals surface area contributed by atoms with Gasteiger partial charge in [0.05, 0.1) is 6.10 Å². The Balaban J connectivity index is 2.57. The highest BCUT2D eigenvalue weighted by molar-refractivity contribution is 8.00. The van der Waals surface area contributed by atoms with Crippen LogP contribution in [0, 0.1) is 11.8 Å². The second-order valence-electron chi connectivity index (χ2n) is 4.99. The van der Waals surface area contributed by atoms with E-state index in [1.807, 2.05) is 18.2 Å². The fourth-order valence-corrected chi connectivity index (χ4v) is 3.06. The quantitative estimate of drug-likeness (QED) is 0.418. The van der Waals surface area contributed by atoms with Crippen molar-refractivity contribution in [3.63, 3.8) is 0 Å². The molecular formula is C18H26OS. The molecule has 0 aliphatic heterocycles. The molecule has 1 aromatic carbocycles. The highest BCUT2D eigenvalue weighted by atomic mass is 32.2. The van der Waals surface area contributed by atoms with Gasteiger partial charge in [0.1, 0.15) is 0 Å². The lowest BCUT2D eigenvalue weighted by atomic mass is 10.1. The summed E-state index contributed by atoms with van der Waals surface area (Å²) in [6, 6.07) is 10.3. The van der Waals surface area contributed by atoms with Crippen molar-refractivity contribution in [2.24, 2.45) is 0 Å². The summed E-state index contributed by atoms with van der Waals surface area (Å²) in [5, 5.41) is 10.5. The summed E-state index contributed by atoms with van der Waals surface area (Å²) in [5.74, 6) is 6.47. The van der Waals surface area contributed by atoms with Gasteiger partial charge in [-0.15, -0.1) is 23.6 Å². The van der Waals surface area contributed by atoms with Crippen molar-refractivity contribution in [2.75, 3.05) is 0 Å². The average molecular weight is 290 g/mol. The van der Waals surface area contributed by atoms with Crippen LogP contribution in [0.2, 0.25) is 0 Å². The third-order valence-corrected chi connectivity index (χ3v) is 4.46. The minimum atomic E-state index is -0.273. The van der Waals surface area contributed by atoms with E-state index >= 15 is 0 Å². The van der Waals surface area contributed by atoms with Gasteiger partial charge in [-0.05, 0) is 25.0 Å². The molecule has 0 radical (unpaired) electrons. The van der Waals surface area contributed by atoms with Gasteiger partial charge < -0.3 is 5.11 Å². The Labute approximate surface area is 128 Å². The van der Waals surface area contributed by atoms with Gasteiger partial charge in [0, 0.05) is 23.0 Å². The standard InChI is InChI=1S/C18H26OS/c1-3-5-6-7-11-15-18(17(19)12-4-2)20-16-13-9-8-10-14-16/h8-10,13-14,17-19H,3-6,12,15H2,1-2H3/t17-,18+/m0/s1. The summed E-state index contributed by atoms with van der Waals surface area (Å²) in [6.07, 6.45) is 5.69. The molecule has 1 aromatic rings. The molecular weight excluding hydrogens is 264 g/mol. The van der Waals surface area contributed by atoms with Crippen LogP contribution in [-0.4, -0.2) is 16.5 Å². The fourth-order valence-electron chi connectivity index (χ4n) is 1.94. The molecule has 0 aromatic heterocycles. The molecule has 20 heavy (non-hydrogen) atoms. The molecule has 0 saturated carbocycles. The van der Waals surface area contributed by atoms with Gasteiger partial charge in [0.15, 0.2) is 0 Å². The number of rotatable bonds is 8. The van der Waals surface area contributed by atoms with Crippen LogP contribution >= 0.6 is 11.8 Å². The predicted molar refractivity (Wildman–Crippen MR) is 88.9 cm³/mol. The van der Waals surface area contributed by atoms with E-state index in [-0.39, 0.29) is 11.4 Å². The van der Waals surface area contributed by atoms with E-state index in [0.29, 0.717) is 0 Å². The second-order valence-corrected chi connectivity index (χ2v) is 6.30. The van der Waals surface area contributed by atoms with E-state index in [1.165, 1.54) is 17.7 Å². The van der Waals surface area contributed by atoms with Gasteiger partial charge in [-0.2, -0.15) is 0 Å². The molecule has 1 rings (SSSR count). The summed E-state index contributed by atoms with van der Waals surface area (Å²) in [7, 11) is 0. The predicted octanol–water partition coefficient (Wildman–Crippen LogP) is 4.89. The first-order valence-electron chi connectivity index (χ1n) is 7.63. The lowest BCUT2D eigenvalue weighted by Gasteiger charge is -2.20. The van der Waals surface area contributed by atoms with Gasteiger partial charge in [0.25, 0.3) is 0 Å². The Morgan fingerprint density at radius 2 is 1.85 bits per heavy atom. The van der Waals surface area contributed by atoms with E-state index in [4.69, 9.17) is 0 Å². The monoisotopic (exact) mass is 290 g/mol. The van der Waals surface area contributed by atoms with Crippen LogP contribution in [0.3, 0.4) is 0 Å². The Bertz CT molecular complexity index is 404. The number of unbranched alkanes of at least 4 members (excludes halogenated alkanes) is 2. The third-order valence-electron chi connectivity index (χ3n) is 3.13. The molecule has 1 nitrogen and oxygen atoms in total. The zero-order chi connectivity index (χ0) is 14.6. The number of benzene rings is 1. The molecule has 0 heterocycles. The maximum atomic E-state index is 10.3. The molecule has 0 bridgehead atoms. The smallest absolute Gasteiger partial charge is 0.0671 e. The van der Waals surface area contributed by atoms with Gasteiger partial charge in [0.2, 0.25) is 0 Å². The zero-order valence-electron chi connectivity index (χ0n) is 12.6. The molecule has 0 amide bonds. The van der Waals surface area contributed by atoms with Gasteiger partial charge in [-0.25, -0.2) is 0 Å². The average Bonchev–Trinajstić information content (AvgIpc) is 2.47. The van der Waals surface area contributed by atoms with Gasteiger partial charge in [-0.1, -0.05) is 44.9 Å². The Morgan fingerprint density at radius 1 is 1.10 bits per heavy atom. The zero-order valence-corrected chi connectivity index (χ0v) is 13.5. The van der Waals surface area contributed by atoms with Crippen LogP contribution in [0.5, 0.6) is 0 Å². The minimum absolute atomic E-state index is 0.173. The van der Waals surface area contributed by atoms with E-state index in [0.717, 1.165) is 25.7 Å². The molecule has 2 heteroatoms. The number of hydrogen-bond donors (Lipinski definition) is 1. The van der Waals surface area contributed by atoms with Crippen LogP contribution in [0.25, 0.3) is 0 Å². The van der Waals surface area contributed by atoms with Crippen molar-refractivity contribution < 1.29 is 5.11 Å². The first-order valence-corrected chi connectivity index (χ1v) is 8.51. The molecule has 0 unspecified atom stereocenters. The lowest BCUT2D eigenvalue weighted by Crippen LogP contribution is -2.22. The molecule has 110 valence electrons. The fraction of sp³-hybridized carbons (Fsp3) is 0.556. The summed E-state index contributed by atoms with van der Waals surface area (Å²) in [4.78, 5) is 1.21. The third kappa shape index (κ3) is 7.03. The van der Waals surface area contributed by atoms with E-state index < -0.39 is 0 Å². The summed E-state index contributed by atoms with van der Waals surface area (Å²) in [6.45, 7) is 4.29. The molecule has 0 aliphatic rings. The Kier molecular flexibility index (Phi) is 9.28. The van der Waals surface area contributed by atoms with Crippen molar-refractivity contribution in [2.45, 2.75) is 68.6 Å². The van der Waals surface area contributed by atoms with Crippen molar-refractivity contribution in [3.05, 3.63) is 30.3 Å². The molecule has 0 fully saturated rings. The first kappa shape index (κ1) is 17.1. The van der Waals surface area contributed by atoms with Crippen LogP contribution in [-0.2, 0) is 0 Å². The maximum Gasteiger partial charge on any atom is 0.0671 e. The summed E-state index contributed by atoms with van der Waals surface area (Å²) < 4.78 is 0. The second kappa shape index (κ2) is 10.8. The van der Waals surface area contributed by atoms with E-state index in [1.54, 1.807) is 11.8 Å². The van der Waals surface area contributed by atoms with Crippen molar-refractivity contribution in [3.8, 4) is 11.8 Å². The number of aliphatic hydroxyl groups excluding tert-OH is 1. The summed E-state index contributed by atoms with van der Waals surface area (Å²) >= 11 is 1.75. The largest absolute Gasteiger partial charge is 0.392 e. The lowest BCUT2D eigenvalue weighted by molar-refractivity contribution is 0.161. The van der Waals surface area contributed by atoms with Crippen LogP contribution in [0.15, 0.2) is 35.2 Å². The normalized spacial score (nSPS) is 13.3. The van der Waals surface area contributed by atoms with E-state index in [2.05, 4.69) is 37.8 Å². The van der Waals surface area contributed by atoms with Crippen LogP contribution in [0.1, 0.15) is 52.4 Å². The van der Waals surface area contributed by atoms with Crippen LogP contribution in [0.4, 0.5) is 0 Å². The Hall–Kier alpha value is -0.910. The van der Waals surface area contributed by atoms with Crippen LogP contribution < -0.4 is 0 Å². The highest BCUT2D eigenvalue weighted by Crippen LogP contribution is 2.28. The van der Waals surface area contributed by atoms with E-state index in [9.17, 15) is 5.11 Å². The SMILES string of the molecule is CCCCC#CC[C@@H](Sc1ccccc1)[C@@H](O)CCC. The maximum absolute atomic E-state index is 10.3. The van der Waals surface area contributed by atoms with Gasteiger partial charge in [-0.3, -0.25) is 0 Å². The van der Waals surface area contributed by atoms with Crippen molar-refractivity contribution >= 4 is 11.8 Å². The van der Waals surface area contributed by atoms with Gasteiger partial charge >= 0.3 is 0 Å². The molecule has 2 atom stereocenters. The number of thioether (sulfide) groups is 1. The number of aliphatic hydroxyl groups is 1. The Morgan fingerprint density at radius 3 is 2.50 bits per heavy atom. The minimum Gasteiger partial charge on any atom is -0.392 e. The molecule has 0 saturated heterocycles. The molecule has 0 spiro atoms. The van der Waals surface area contributed by atoms with Crippen molar-refractivity contribution in [1.82, 2.24) is 0 Å².